The van der Waals surface area contributed by atoms with Gasteiger partial charge in [-0.15, -0.1) is 0 Å². The topological polar surface area (TPSA) is 58.2 Å². The predicted molar refractivity (Wildman–Crippen MR) is 82.8 cm³/mol. The number of halogens is 2. The van der Waals surface area contributed by atoms with E-state index in [0.717, 1.165) is 16.5 Å². The molecule has 0 fully saturated rings. The van der Waals surface area contributed by atoms with E-state index in [4.69, 9.17) is 0 Å². The summed E-state index contributed by atoms with van der Waals surface area (Å²) in [6, 6.07) is 7.96. The number of nitrogens with one attached hydrogen (secondary N) is 2. The summed E-state index contributed by atoms with van der Waals surface area (Å²) in [6.07, 6.45) is 0.777. The highest BCUT2D eigenvalue weighted by Gasteiger charge is 2.03. The Kier molecular flexibility index (Phi) is 7.26. The molecular weight excluding hydrogens is 411 g/mol. The van der Waals surface area contributed by atoms with Gasteiger partial charge in [-0.3, -0.25) is 9.59 Å². The first kappa shape index (κ1) is 15.4. The van der Waals surface area contributed by atoms with Gasteiger partial charge < -0.3 is 10.6 Å². The number of hydrogen-bond acceptors (Lipinski definition) is 2. The lowest BCUT2D eigenvalue weighted by Crippen LogP contribution is -2.38. The quantitative estimate of drug-likeness (QED) is 0.539. The van der Waals surface area contributed by atoms with Crippen molar-refractivity contribution in [3.8, 4) is 0 Å². The van der Waals surface area contributed by atoms with Gasteiger partial charge in [-0.05, 0) is 24.1 Å². The van der Waals surface area contributed by atoms with Gasteiger partial charge >= 0.3 is 0 Å². The van der Waals surface area contributed by atoms with Crippen LogP contribution in [-0.2, 0) is 16.0 Å². The number of carbonyl (C=O) groups is 2. The Morgan fingerprint density at radius 3 is 2.39 bits per heavy atom. The standard InChI is InChI=1S/C12H14BrIN2O2/c13-10-3-1-9(2-4-10)5-6-15-12(18)8-16-11(17)7-14/h1-4H,5-8H2,(H,15,18)(H,16,17). The summed E-state index contributed by atoms with van der Waals surface area (Å²) in [5, 5.41) is 5.28. The van der Waals surface area contributed by atoms with Crippen molar-refractivity contribution in [2.45, 2.75) is 6.42 Å². The highest BCUT2D eigenvalue weighted by Crippen LogP contribution is 2.10. The van der Waals surface area contributed by atoms with Crippen LogP contribution in [0.2, 0.25) is 0 Å². The van der Waals surface area contributed by atoms with E-state index in [1.54, 1.807) is 0 Å². The lowest BCUT2D eigenvalue weighted by atomic mass is 10.1. The van der Waals surface area contributed by atoms with Crippen molar-refractivity contribution in [1.82, 2.24) is 10.6 Å². The zero-order valence-electron chi connectivity index (χ0n) is 9.71. The molecule has 0 aliphatic rings. The molecule has 1 aromatic rings. The van der Waals surface area contributed by atoms with Crippen LogP contribution in [0.1, 0.15) is 5.56 Å². The smallest absolute Gasteiger partial charge is 0.239 e. The van der Waals surface area contributed by atoms with Crippen LogP contribution >= 0.6 is 38.5 Å². The van der Waals surface area contributed by atoms with E-state index >= 15 is 0 Å². The van der Waals surface area contributed by atoms with E-state index in [-0.39, 0.29) is 18.4 Å². The zero-order valence-corrected chi connectivity index (χ0v) is 13.5. The Morgan fingerprint density at radius 1 is 1.11 bits per heavy atom. The van der Waals surface area contributed by atoms with E-state index in [0.29, 0.717) is 11.0 Å². The summed E-state index contributed by atoms with van der Waals surface area (Å²) in [6.45, 7) is 0.614. The molecule has 1 rings (SSSR count). The van der Waals surface area contributed by atoms with Gasteiger partial charge in [0.25, 0.3) is 0 Å². The molecule has 2 amide bonds. The molecule has 0 atom stereocenters. The average Bonchev–Trinajstić information content (AvgIpc) is 2.38. The molecule has 1 aromatic carbocycles. The number of rotatable bonds is 6. The average molecular weight is 425 g/mol. The molecule has 98 valence electrons. The van der Waals surface area contributed by atoms with Crippen molar-refractivity contribution < 1.29 is 9.59 Å². The van der Waals surface area contributed by atoms with Crippen LogP contribution in [-0.4, -0.2) is 29.3 Å². The highest BCUT2D eigenvalue weighted by atomic mass is 127. The third kappa shape index (κ3) is 6.34. The van der Waals surface area contributed by atoms with Crippen LogP contribution in [0.3, 0.4) is 0 Å². The molecule has 4 nitrogen and oxygen atoms in total. The van der Waals surface area contributed by atoms with E-state index in [1.807, 2.05) is 46.9 Å². The second-order valence-corrected chi connectivity index (χ2v) is 5.32. The Bertz CT molecular complexity index is 409. The van der Waals surface area contributed by atoms with Crippen molar-refractivity contribution in [1.29, 1.82) is 0 Å². The minimum Gasteiger partial charge on any atom is -0.354 e. The molecule has 0 spiro atoms. The zero-order chi connectivity index (χ0) is 13.4. The minimum atomic E-state index is -0.162. The van der Waals surface area contributed by atoms with Crippen molar-refractivity contribution in [2.75, 3.05) is 17.5 Å². The summed E-state index contributed by atoms with van der Waals surface area (Å²) < 4.78 is 1.40. The first-order chi connectivity index (χ1) is 8.61. The maximum atomic E-state index is 11.4. The van der Waals surface area contributed by atoms with E-state index < -0.39 is 0 Å². The van der Waals surface area contributed by atoms with Gasteiger partial charge in [0.2, 0.25) is 11.8 Å². The molecule has 0 saturated carbocycles. The van der Waals surface area contributed by atoms with Gasteiger partial charge in [-0.2, -0.15) is 0 Å². The first-order valence-electron chi connectivity index (χ1n) is 5.45. The van der Waals surface area contributed by atoms with Gasteiger partial charge in [-0.25, -0.2) is 0 Å². The van der Waals surface area contributed by atoms with Crippen molar-refractivity contribution in [3.05, 3.63) is 34.3 Å². The van der Waals surface area contributed by atoms with Crippen LogP contribution in [0.4, 0.5) is 0 Å². The fourth-order valence-corrected chi connectivity index (χ4v) is 1.82. The molecular formula is C12H14BrIN2O2. The van der Waals surface area contributed by atoms with Crippen molar-refractivity contribution in [2.24, 2.45) is 0 Å². The van der Waals surface area contributed by atoms with Crippen LogP contribution in [0.5, 0.6) is 0 Å². The summed E-state index contributed by atoms with van der Waals surface area (Å²) in [5.74, 6) is -0.288. The Labute approximate surface area is 128 Å². The Hall–Kier alpha value is -0.630. The van der Waals surface area contributed by atoms with E-state index in [2.05, 4.69) is 26.6 Å². The van der Waals surface area contributed by atoms with Crippen LogP contribution in [0.25, 0.3) is 0 Å². The van der Waals surface area contributed by atoms with Gasteiger partial charge in [0.15, 0.2) is 0 Å². The Balaban J connectivity index is 2.19. The molecule has 18 heavy (non-hydrogen) atoms. The van der Waals surface area contributed by atoms with E-state index in [1.165, 1.54) is 0 Å². The van der Waals surface area contributed by atoms with Gasteiger partial charge in [0.1, 0.15) is 0 Å². The predicted octanol–water partition coefficient (Wildman–Crippen LogP) is 1.66. The lowest BCUT2D eigenvalue weighted by molar-refractivity contribution is -0.124. The third-order valence-electron chi connectivity index (χ3n) is 2.22. The normalized spacial score (nSPS) is 9.89. The number of hydrogen-bond donors (Lipinski definition) is 2. The van der Waals surface area contributed by atoms with Crippen molar-refractivity contribution >= 4 is 50.3 Å². The fourth-order valence-electron chi connectivity index (χ4n) is 1.29. The molecule has 2 N–H and O–H groups in total. The van der Waals surface area contributed by atoms with E-state index in [9.17, 15) is 9.59 Å². The number of amides is 2. The minimum absolute atomic E-state index is 0.0438. The maximum absolute atomic E-state index is 11.4. The largest absolute Gasteiger partial charge is 0.354 e. The molecule has 0 aliphatic carbocycles. The molecule has 0 aromatic heterocycles. The molecule has 0 bridgehead atoms. The second-order valence-electron chi connectivity index (χ2n) is 3.64. The van der Waals surface area contributed by atoms with Crippen LogP contribution in [0.15, 0.2) is 28.7 Å². The molecule has 6 heteroatoms. The van der Waals surface area contributed by atoms with Gasteiger partial charge in [-0.1, -0.05) is 50.7 Å². The summed E-state index contributed by atoms with van der Waals surface area (Å²) in [5.41, 5.74) is 1.16. The fraction of sp³-hybridized carbons (Fsp3) is 0.333. The number of benzene rings is 1. The van der Waals surface area contributed by atoms with Crippen LogP contribution in [0, 0.1) is 0 Å². The third-order valence-corrected chi connectivity index (χ3v) is 3.44. The molecule has 0 heterocycles. The first-order valence-corrected chi connectivity index (χ1v) is 7.77. The van der Waals surface area contributed by atoms with Gasteiger partial charge in [0.05, 0.1) is 11.0 Å². The van der Waals surface area contributed by atoms with Crippen molar-refractivity contribution in [3.63, 3.8) is 0 Å². The molecule has 0 saturated heterocycles. The maximum Gasteiger partial charge on any atom is 0.239 e. The summed E-state index contributed by atoms with van der Waals surface area (Å²) >= 11 is 5.32. The van der Waals surface area contributed by atoms with Crippen LogP contribution < -0.4 is 10.6 Å². The number of alkyl halides is 1. The Morgan fingerprint density at radius 2 is 1.78 bits per heavy atom. The summed E-state index contributed by atoms with van der Waals surface area (Å²) in [4.78, 5) is 22.3. The molecule has 0 unspecified atom stereocenters. The second kappa shape index (κ2) is 8.47. The van der Waals surface area contributed by atoms with Gasteiger partial charge in [0, 0.05) is 11.0 Å². The monoisotopic (exact) mass is 424 g/mol. The molecule has 0 radical (unpaired) electrons. The SMILES string of the molecule is O=C(CI)NCC(=O)NCCc1ccc(Br)cc1. The highest BCUT2D eigenvalue weighted by molar-refractivity contribution is 14.1. The summed E-state index contributed by atoms with van der Waals surface area (Å²) in [7, 11) is 0. The molecule has 0 aliphatic heterocycles. The number of carbonyl (C=O) groups excluding carboxylic acids is 2. The lowest BCUT2D eigenvalue weighted by Gasteiger charge is -2.06.